The number of fused-ring (bicyclic) bond motifs is 1. The van der Waals surface area contributed by atoms with Crippen molar-refractivity contribution in [2.24, 2.45) is 5.73 Å². The van der Waals surface area contributed by atoms with Gasteiger partial charge < -0.3 is 20.5 Å². The van der Waals surface area contributed by atoms with Crippen molar-refractivity contribution >= 4 is 40.2 Å². The van der Waals surface area contributed by atoms with Crippen molar-refractivity contribution < 1.29 is 14.4 Å². The van der Waals surface area contributed by atoms with Crippen molar-refractivity contribution in [3.05, 3.63) is 34.5 Å². The third-order valence-electron chi connectivity index (χ3n) is 4.88. The van der Waals surface area contributed by atoms with Gasteiger partial charge in [0.2, 0.25) is 17.7 Å². The molecule has 2 heterocycles. The van der Waals surface area contributed by atoms with Crippen molar-refractivity contribution in [1.82, 2.24) is 14.8 Å². The predicted molar refractivity (Wildman–Crippen MR) is 98.7 cm³/mol. The van der Waals surface area contributed by atoms with Gasteiger partial charge in [0.15, 0.2) is 0 Å². The van der Waals surface area contributed by atoms with Gasteiger partial charge in [-0.1, -0.05) is 11.6 Å². The molecule has 7 nitrogen and oxygen atoms in total. The van der Waals surface area contributed by atoms with E-state index >= 15 is 0 Å². The summed E-state index contributed by atoms with van der Waals surface area (Å²) in [5, 5.41) is 1.52. The number of aromatic amines is 1. The molecule has 1 fully saturated rings. The Balaban J connectivity index is 1.81. The number of nitrogens with zero attached hydrogens (tertiary/aromatic N) is 2. The Hall–Kier alpha value is -2.54. The van der Waals surface area contributed by atoms with E-state index in [4.69, 9.17) is 17.3 Å². The summed E-state index contributed by atoms with van der Waals surface area (Å²) in [6, 6.07) is 4.73. The summed E-state index contributed by atoms with van der Waals surface area (Å²) in [6.07, 6.45) is 0.192. The molecule has 26 heavy (non-hydrogen) atoms. The average Bonchev–Trinajstić information content (AvgIpc) is 2.89. The number of rotatable bonds is 3. The van der Waals surface area contributed by atoms with Crippen LogP contribution in [0.3, 0.4) is 0 Å². The fraction of sp³-hybridized carbons (Fsp3) is 0.389. The van der Waals surface area contributed by atoms with Gasteiger partial charge in [0.1, 0.15) is 6.04 Å². The van der Waals surface area contributed by atoms with Gasteiger partial charge >= 0.3 is 0 Å². The lowest BCUT2D eigenvalue weighted by Crippen LogP contribution is -2.60. The normalized spacial score (nSPS) is 17.6. The number of aromatic nitrogens is 1. The summed E-state index contributed by atoms with van der Waals surface area (Å²) < 4.78 is 0. The van der Waals surface area contributed by atoms with Crippen LogP contribution in [0.25, 0.3) is 10.9 Å². The van der Waals surface area contributed by atoms with Crippen LogP contribution in [0.4, 0.5) is 0 Å². The first-order valence-electron chi connectivity index (χ1n) is 8.39. The maximum atomic E-state index is 12.8. The van der Waals surface area contributed by atoms with Crippen LogP contribution in [0.1, 0.15) is 18.2 Å². The largest absolute Gasteiger partial charge is 0.368 e. The van der Waals surface area contributed by atoms with Crippen molar-refractivity contribution in [3.63, 3.8) is 0 Å². The molecule has 2 aromatic rings. The minimum absolute atomic E-state index is 0.108. The van der Waals surface area contributed by atoms with E-state index in [2.05, 4.69) is 4.98 Å². The molecule has 0 aliphatic carbocycles. The van der Waals surface area contributed by atoms with Gasteiger partial charge in [-0.2, -0.15) is 0 Å². The van der Waals surface area contributed by atoms with E-state index in [1.807, 2.05) is 19.1 Å². The van der Waals surface area contributed by atoms with Crippen LogP contribution >= 0.6 is 11.6 Å². The molecule has 1 aromatic heterocycles. The van der Waals surface area contributed by atoms with Gasteiger partial charge in [0.05, 0.1) is 13.0 Å². The Bertz CT molecular complexity index is 892. The Morgan fingerprint density at radius 2 is 2.04 bits per heavy atom. The highest BCUT2D eigenvalue weighted by molar-refractivity contribution is 6.31. The number of hydrogen-bond acceptors (Lipinski definition) is 3. The van der Waals surface area contributed by atoms with Gasteiger partial charge in [-0.25, -0.2) is 0 Å². The Morgan fingerprint density at radius 3 is 2.69 bits per heavy atom. The van der Waals surface area contributed by atoms with Crippen molar-refractivity contribution in [3.8, 4) is 0 Å². The van der Waals surface area contributed by atoms with Crippen molar-refractivity contribution in [1.29, 1.82) is 0 Å². The third kappa shape index (κ3) is 3.39. The predicted octanol–water partition coefficient (Wildman–Crippen LogP) is 1.22. The van der Waals surface area contributed by atoms with E-state index in [9.17, 15) is 14.4 Å². The van der Waals surface area contributed by atoms with E-state index < -0.39 is 11.9 Å². The molecule has 3 N–H and O–H groups in total. The van der Waals surface area contributed by atoms with Gasteiger partial charge in [0, 0.05) is 41.6 Å². The quantitative estimate of drug-likeness (QED) is 0.842. The van der Waals surface area contributed by atoms with E-state index in [1.165, 1.54) is 11.8 Å². The first kappa shape index (κ1) is 18.3. The van der Waals surface area contributed by atoms with Crippen LogP contribution in [0, 0.1) is 6.92 Å². The number of nitrogens with one attached hydrogen (secondary N) is 1. The number of primary amides is 1. The van der Waals surface area contributed by atoms with E-state index in [-0.39, 0.29) is 24.8 Å². The summed E-state index contributed by atoms with van der Waals surface area (Å²) >= 11 is 6.09. The maximum absolute atomic E-state index is 12.8. The number of H-pyrrole nitrogens is 1. The summed E-state index contributed by atoms with van der Waals surface area (Å²) in [5.41, 5.74) is 8.13. The number of hydrogen-bond donors (Lipinski definition) is 2. The van der Waals surface area contributed by atoms with Gasteiger partial charge in [-0.05, 0) is 30.7 Å². The maximum Gasteiger partial charge on any atom is 0.242 e. The lowest BCUT2D eigenvalue weighted by atomic mass is 10.1. The second-order valence-electron chi connectivity index (χ2n) is 6.57. The molecule has 3 rings (SSSR count). The fourth-order valence-electron chi connectivity index (χ4n) is 3.48. The number of halogens is 1. The third-order valence-corrected chi connectivity index (χ3v) is 5.11. The highest BCUT2D eigenvalue weighted by Gasteiger charge is 2.34. The molecule has 1 aliphatic heterocycles. The van der Waals surface area contributed by atoms with Crippen LogP contribution in [-0.2, 0) is 20.8 Å². The number of piperazine rings is 1. The van der Waals surface area contributed by atoms with Gasteiger partial charge in [0.25, 0.3) is 0 Å². The van der Waals surface area contributed by atoms with Crippen LogP contribution in [-0.4, -0.2) is 58.2 Å². The van der Waals surface area contributed by atoms with Crippen LogP contribution in [0.2, 0.25) is 5.02 Å². The van der Waals surface area contributed by atoms with Crippen LogP contribution < -0.4 is 5.73 Å². The monoisotopic (exact) mass is 376 g/mol. The number of carbonyl (C=O) groups is 3. The zero-order valence-electron chi connectivity index (χ0n) is 14.7. The van der Waals surface area contributed by atoms with E-state index in [1.54, 1.807) is 11.0 Å². The van der Waals surface area contributed by atoms with Crippen molar-refractivity contribution in [2.45, 2.75) is 26.3 Å². The SMILES string of the molecule is CC(=O)N1CCN(C(=O)Cc2c(C)[nH]c3ccc(Cl)cc23)C[C@H]1C(N)=O. The summed E-state index contributed by atoms with van der Waals surface area (Å²) in [5.74, 6) is -0.931. The second kappa shape index (κ2) is 6.99. The van der Waals surface area contributed by atoms with E-state index in [0.717, 1.165) is 22.2 Å². The number of benzene rings is 1. The Labute approximate surface area is 156 Å². The molecular formula is C18H21ClN4O3. The lowest BCUT2D eigenvalue weighted by Gasteiger charge is -2.39. The standard InChI is InChI=1S/C18H21ClN4O3/c1-10-13(14-7-12(19)3-4-15(14)21-10)8-17(25)22-5-6-23(11(2)24)16(9-22)18(20)26/h3-4,7,16,21H,5-6,8-9H2,1-2H3,(H2,20,26)/t16-/m0/s1. The molecule has 0 bridgehead atoms. The first-order valence-corrected chi connectivity index (χ1v) is 8.76. The Kier molecular flexibility index (Phi) is 4.91. The minimum Gasteiger partial charge on any atom is -0.368 e. The van der Waals surface area contributed by atoms with Gasteiger partial charge in [-0.15, -0.1) is 0 Å². The molecule has 1 saturated heterocycles. The molecule has 138 valence electrons. The molecule has 0 radical (unpaired) electrons. The fourth-order valence-corrected chi connectivity index (χ4v) is 3.65. The Morgan fingerprint density at radius 1 is 1.31 bits per heavy atom. The number of aryl methyl sites for hydroxylation is 1. The van der Waals surface area contributed by atoms with E-state index in [0.29, 0.717) is 18.1 Å². The molecule has 1 aliphatic rings. The molecule has 1 aromatic carbocycles. The zero-order chi connectivity index (χ0) is 19.0. The zero-order valence-corrected chi connectivity index (χ0v) is 15.5. The highest BCUT2D eigenvalue weighted by atomic mass is 35.5. The molecule has 0 unspecified atom stereocenters. The average molecular weight is 377 g/mol. The molecule has 8 heteroatoms. The summed E-state index contributed by atoms with van der Waals surface area (Å²) in [6.45, 7) is 4.11. The smallest absolute Gasteiger partial charge is 0.242 e. The molecule has 1 atom stereocenters. The second-order valence-corrected chi connectivity index (χ2v) is 7.00. The summed E-state index contributed by atoms with van der Waals surface area (Å²) in [4.78, 5) is 42.4. The molecular weight excluding hydrogens is 356 g/mol. The van der Waals surface area contributed by atoms with Crippen molar-refractivity contribution in [2.75, 3.05) is 19.6 Å². The lowest BCUT2D eigenvalue weighted by molar-refractivity contribution is -0.146. The number of nitrogens with two attached hydrogens (primary N) is 1. The molecule has 0 saturated carbocycles. The highest BCUT2D eigenvalue weighted by Crippen LogP contribution is 2.26. The molecule has 3 amide bonds. The molecule has 0 spiro atoms. The number of carbonyl (C=O) groups excluding carboxylic acids is 3. The van der Waals surface area contributed by atoms with Gasteiger partial charge in [-0.3, -0.25) is 14.4 Å². The van der Waals surface area contributed by atoms with Crippen LogP contribution in [0.5, 0.6) is 0 Å². The minimum atomic E-state index is -0.788. The number of amides is 3. The summed E-state index contributed by atoms with van der Waals surface area (Å²) in [7, 11) is 0. The first-order chi connectivity index (χ1) is 12.3. The topological polar surface area (TPSA) is 99.5 Å². The van der Waals surface area contributed by atoms with Crippen LogP contribution in [0.15, 0.2) is 18.2 Å².